The molecule has 1 aliphatic rings. The highest BCUT2D eigenvalue weighted by molar-refractivity contribution is 6.32. The van der Waals surface area contributed by atoms with Crippen molar-refractivity contribution >= 4 is 17.4 Å². The minimum Gasteiger partial charge on any atom is -0.383 e. The van der Waals surface area contributed by atoms with Gasteiger partial charge in [-0.1, -0.05) is 41.9 Å². The lowest BCUT2D eigenvalue weighted by Crippen LogP contribution is -2.22. The Morgan fingerprint density at radius 1 is 1.32 bits per heavy atom. The number of nitrogen functional groups attached to an aromatic ring is 1. The summed E-state index contributed by atoms with van der Waals surface area (Å²) in [6, 6.07) is 10.8. The molecule has 1 aromatic carbocycles. The molecule has 0 spiro atoms. The Balaban J connectivity index is 1.66. The summed E-state index contributed by atoms with van der Waals surface area (Å²) in [7, 11) is 0. The van der Waals surface area contributed by atoms with E-state index in [1.165, 1.54) is 5.56 Å². The fourth-order valence-corrected chi connectivity index (χ4v) is 2.77. The van der Waals surface area contributed by atoms with Gasteiger partial charge in [-0.2, -0.15) is 5.10 Å². The van der Waals surface area contributed by atoms with E-state index in [4.69, 9.17) is 17.3 Å². The molecule has 19 heavy (non-hydrogen) atoms. The van der Waals surface area contributed by atoms with Crippen LogP contribution in [0.3, 0.4) is 0 Å². The van der Waals surface area contributed by atoms with Crippen molar-refractivity contribution in [1.29, 1.82) is 0 Å². The molecule has 1 atom stereocenters. The monoisotopic (exact) mass is 276 g/mol. The van der Waals surface area contributed by atoms with E-state index < -0.39 is 0 Å². The fourth-order valence-electron chi connectivity index (χ4n) is 2.64. The summed E-state index contributed by atoms with van der Waals surface area (Å²) in [6.07, 6.45) is 2.69. The molecule has 1 fully saturated rings. The third-order valence-electron chi connectivity index (χ3n) is 3.63. The van der Waals surface area contributed by atoms with Gasteiger partial charge < -0.3 is 5.73 Å². The van der Waals surface area contributed by atoms with Crippen LogP contribution in [0.25, 0.3) is 0 Å². The first-order valence-electron chi connectivity index (χ1n) is 6.49. The van der Waals surface area contributed by atoms with Crippen LogP contribution >= 0.6 is 11.6 Å². The van der Waals surface area contributed by atoms with Gasteiger partial charge in [-0.3, -0.25) is 4.90 Å². The quantitative estimate of drug-likeness (QED) is 0.937. The molecule has 4 nitrogen and oxygen atoms in total. The predicted molar refractivity (Wildman–Crippen MR) is 77.0 cm³/mol. The van der Waals surface area contributed by atoms with E-state index in [9.17, 15) is 0 Å². The maximum atomic E-state index is 5.95. The summed E-state index contributed by atoms with van der Waals surface area (Å²) in [5.41, 5.74) is 7.27. The Kier molecular flexibility index (Phi) is 3.44. The van der Waals surface area contributed by atoms with E-state index in [1.807, 2.05) is 10.7 Å². The Morgan fingerprint density at radius 3 is 2.79 bits per heavy atom. The molecular weight excluding hydrogens is 260 g/mol. The molecule has 0 amide bonds. The van der Waals surface area contributed by atoms with Gasteiger partial charge in [0.05, 0.1) is 12.2 Å². The van der Waals surface area contributed by atoms with Crippen molar-refractivity contribution < 1.29 is 0 Å². The van der Waals surface area contributed by atoms with Gasteiger partial charge >= 0.3 is 0 Å². The molecule has 2 aromatic rings. The van der Waals surface area contributed by atoms with Gasteiger partial charge in [-0.15, -0.1) is 0 Å². The van der Waals surface area contributed by atoms with Crippen molar-refractivity contribution in [1.82, 2.24) is 14.7 Å². The highest BCUT2D eigenvalue weighted by Crippen LogP contribution is 2.28. The lowest BCUT2D eigenvalue weighted by molar-refractivity contribution is 0.312. The smallest absolute Gasteiger partial charge is 0.140 e. The first-order chi connectivity index (χ1) is 9.24. The Morgan fingerprint density at radius 2 is 2.11 bits per heavy atom. The largest absolute Gasteiger partial charge is 0.383 e. The number of nitrogens with zero attached hydrogens (tertiary/aromatic N) is 3. The number of benzene rings is 1. The zero-order chi connectivity index (χ0) is 13.2. The Bertz CT molecular complexity index is 552. The van der Waals surface area contributed by atoms with Crippen LogP contribution in [0.4, 0.5) is 5.82 Å². The molecule has 2 N–H and O–H groups in total. The van der Waals surface area contributed by atoms with Crippen LogP contribution in [-0.2, 0) is 6.54 Å². The minimum atomic E-state index is 0.330. The highest BCUT2D eigenvalue weighted by Gasteiger charge is 2.26. The lowest BCUT2D eigenvalue weighted by atomic mass is 10.2. The molecule has 1 aromatic heterocycles. The number of halogens is 1. The number of aromatic nitrogens is 2. The number of anilines is 1. The Labute approximate surface area is 117 Å². The molecule has 0 saturated carbocycles. The van der Waals surface area contributed by atoms with Gasteiger partial charge in [0, 0.05) is 19.6 Å². The van der Waals surface area contributed by atoms with Crippen LogP contribution in [0.2, 0.25) is 5.02 Å². The number of hydrogen-bond donors (Lipinski definition) is 1. The van der Waals surface area contributed by atoms with Crippen molar-refractivity contribution in [2.24, 2.45) is 0 Å². The molecule has 2 heterocycles. The summed E-state index contributed by atoms with van der Waals surface area (Å²) >= 11 is 5.95. The molecular formula is C14H17ClN4. The first kappa shape index (κ1) is 12.5. The second-order valence-corrected chi connectivity index (χ2v) is 5.39. The summed E-state index contributed by atoms with van der Waals surface area (Å²) in [6.45, 7) is 3.01. The summed E-state index contributed by atoms with van der Waals surface area (Å²) in [5.74, 6) is 0.577. The molecule has 5 heteroatoms. The third kappa shape index (κ3) is 2.60. The summed E-state index contributed by atoms with van der Waals surface area (Å²) in [4.78, 5) is 2.43. The predicted octanol–water partition coefficient (Wildman–Crippen LogP) is 2.57. The molecule has 0 radical (unpaired) electrons. The molecule has 100 valence electrons. The molecule has 1 aliphatic heterocycles. The van der Waals surface area contributed by atoms with Crippen molar-refractivity contribution in [3.63, 3.8) is 0 Å². The molecule has 3 rings (SSSR count). The number of nitrogens with two attached hydrogens (primary N) is 1. The summed E-state index contributed by atoms with van der Waals surface area (Å²) in [5, 5.41) is 4.81. The zero-order valence-electron chi connectivity index (χ0n) is 10.7. The van der Waals surface area contributed by atoms with Gasteiger partial charge in [-0.25, -0.2) is 4.68 Å². The van der Waals surface area contributed by atoms with Gasteiger partial charge in [0.25, 0.3) is 0 Å². The topological polar surface area (TPSA) is 47.1 Å². The van der Waals surface area contributed by atoms with Gasteiger partial charge in [0.15, 0.2) is 0 Å². The van der Waals surface area contributed by atoms with E-state index in [0.717, 1.165) is 26.1 Å². The lowest BCUT2D eigenvalue weighted by Gasteiger charge is -2.16. The van der Waals surface area contributed by atoms with E-state index >= 15 is 0 Å². The van der Waals surface area contributed by atoms with Crippen molar-refractivity contribution in [3.8, 4) is 0 Å². The molecule has 0 bridgehead atoms. The van der Waals surface area contributed by atoms with Crippen LogP contribution in [0.1, 0.15) is 18.0 Å². The summed E-state index contributed by atoms with van der Waals surface area (Å²) < 4.78 is 1.85. The van der Waals surface area contributed by atoms with Gasteiger partial charge in [0.1, 0.15) is 10.8 Å². The van der Waals surface area contributed by atoms with Crippen molar-refractivity contribution in [2.45, 2.75) is 19.0 Å². The standard InChI is InChI=1S/C14H17ClN4/c15-13-8-17-19(14(13)16)12-6-7-18(10-12)9-11-4-2-1-3-5-11/h1-5,8,12H,6-7,9-10,16H2/t12-/m0/s1. The average molecular weight is 277 g/mol. The SMILES string of the molecule is Nc1c(Cl)cnn1[C@H]1CCN(Cc2ccccc2)C1. The van der Waals surface area contributed by atoms with Gasteiger partial charge in [0.2, 0.25) is 0 Å². The van der Waals surface area contributed by atoms with Crippen LogP contribution < -0.4 is 5.73 Å². The number of rotatable bonds is 3. The number of hydrogen-bond acceptors (Lipinski definition) is 3. The van der Waals surface area contributed by atoms with Crippen LogP contribution in [-0.4, -0.2) is 27.8 Å². The second kappa shape index (κ2) is 5.23. The van der Waals surface area contributed by atoms with Crippen molar-refractivity contribution in [2.75, 3.05) is 18.8 Å². The van der Waals surface area contributed by atoms with E-state index in [2.05, 4.69) is 34.3 Å². The first-order valence-corrected chi connectivity index (χ1v) is 6.86. The van der Waals surface area contributed by atoms with Crippen molar-refractivity contribution in [3.05, 3.63) is 47.1 Å². The van der Waals surface area contributed by atoms with Crippen LogP contribution in [0.15, 0.2) is 36.5 Å². The third-order valence-corrected chi connectivity index (χ3v) is 3.92. The second-order valence-electron chi connectivity index (χ2n) is 4.99. The normalized spacial score (nSPS) is 19.9. The average Bonchev–Trinajstić information content (AvgIpc) is 3.00. The molecule has 0 unspecified atom stereocenters. The highest BCUT2D eigenvalue weighted by atomic mass is 35.5. The van der Waals surface area contributed by atoms with E-state index in [-0.39, 0.29) is 0 Å². The van der Waals surface area contributed by atoms with E-state index in [0.29, 0.717) is 16.9 Å². The maximum absolute atomic E-state index is 5.95. The zero-order valence-corrected chi connectivity index (χ0v) is 11.4. The minimum absolute atomic E-state index is 0.330. The van der Waals surface area contributed by atoms with Crippen LogP contribution in [0, 0.1) is 0 Å². The Hall–Kier alpha value is -1.52. The molecule has 1 saturated heterocycles. The molecule has 0 aliphatic carbocycles. The fraction of sp³-hybridized carbons (Fsp3) is 0.357. The van der Waals surface area contributed by atoms with Gasteiger partial charge in [-0.05, 0) is 12.0 Å². The van der Waals surface area contributed by atoms with Crippen LogP contribution in [0.5, 0.6) is 0 Å². The maximum Gasteiger partial charge on any atom is 0.140 e. The van der Waals surface area contributed by atoms with E-state index in [1.54, 1.807) is 6.20 Å². The number of likely N-dealkylation sites (tertiary alicyclic amines) is 1.